The van der Waals surface area contributed by atoms with Crippen molar-refractivity contribution in [2.45, 2.75) is 11.3 Å². The van der Waals surface area contributed by atoms with Crippen LogP contribution in [0.15, 0.2) is 23.1 Å². The standard InChI is InChI=1S/C12H15ClN2O5S/c1-14-11(16)5-6-15(2)21(19,20)8-3-4-9(12(17)18)10(13)7-8/h3-4,7H,5-6H2,1-2H3,(H,14,16)(H,17,18). The number of nitrogens with zero attached hydrogens (tertiary/aromatic N) is 1. The van der Waals surface area contributed by atoms with Gasteiger partial charge in [-0.2, -0.15) is 0 Å². The number of nitrogens with one attached hydrogen (secondary N) is 1. The van der Waals surface area contributed by atoms with Crippen LogP contribution in [-0.2, 0) is 14.8 Å². The minimum atomic E-state index is -3.83. The van der Waals surface area contributed by atoms with Crippen molar-refractivity contribution in [2.75, 3.05) is 20.6 Å². The van der Waals surface area contributed by atoms with E-state index in [4.69, 9.17) is 16.7 Å². The second-order valence-electron chi connectivity index (χ2n) is 4.20. The zero-order valence-corrected chi connectivity index (χ0v) is 13.0. The maximum atomic E-state index is 12.3. The Labute approximate surface area is 127 Å². The van der Waals surface area contributed by atoms with Crippen LogP contribution in [0.25, 0.3) is 0 Å². The summed E-state index contributed by atoms with van der Waals surface area (Å²) in [7, 11) is -1.04. The van der Waals surface area contributed by atoms with Gasteiger partial charge in [-0.15, -0.1) is 0 Å². The summed E-state index contributed by atoms with van der Waals surface area (Å²) in [4.78, 5) is 21.8. The average molecular weight is 335 g/mol. The predicted molar refractivity (Wildman–Crippen MR) is 76.9 cm³/mol. The molecule has 7 nitrogen and oxygen atoms in total. The molecule has 0 atom stereocenters. The number of amides is 1. The largest absolute Gasteiger partial charge is 0.478 e. The minimum absolute atomic E-state index is 0.000305. The van der Waals surface area contributed by atoms with Gasteiger partial charge in [0.2, 0.25) is 15.9 Å². The number of carbonyl (C=O) groups is 2. The molecule has 0 spiro atoms. The lowest BCUT2D eigenvalue weighted by Crippen LogP contribution is -2.31. The lowest BCUT2D eigenvalue weighted by atomic mass is 10.2. The number of rotatable bonds is 6. The van der Waals surface area contributed by atoms with Crippen LogP contribution in [0, 0.1) is 0 Å². The number of sulfonamides is 1. The number of halogens is 1. The van der Waals surface area contributed by atoms with Crippen molar-refractivity contribution in [2.24, 2.45) is 0 Å². The summed E-state index contributed by atoms with van der Waals surface area (Å²) in [5.74, 6) is -1.52. The molecule has 0 aromatic heterocycles. The monoisotopic (exact) mass is 334 g/mol. The van der Waals surface area contributed by atoms with Crippen LogP contribution in [-0.4, -0.2) is 50.3 Å². The predicted octanol–water partition coefficient (Wildman–Crippen LogP) is 0.795. The summed E-state index contributed by atoms with van der Waals surface area (Å²) in [6.45, 7) is 0.000305. The second-order valence-corrected chi connectivity index (χ2v) is 6.65. The Hall–Kier alpha value is -1.64. The maximum absolute atomic E-state index is 12.3. The molecular formula is C12H15ClN2O5S. The van der Waals surface area contributed by atoms with Crippen LogP contribution >= 0.6 is 11.6 Å². The molecule has 116 valence electrons. The van der Waals surface area contributed by atoms with E-state index in [1.54, 1.807) is 0 Å². The summed E-state index contributed by atoms with van der Waals surface area (Å²) in [6.07, 6.45) is 0.0210. The van der Waals surface area contributed by atoms with Crippen molar-refractivity contribution < 1.29 is 23.1 Å². The van der Waals surface area contributed by atoms with E-state index in [0.29, 0.717) is 0 Å². The van der Waals surface area contributed by atoms with E-state index >= 15 is 0 Å². The molecule has 0 fully saturated rings. The van der Waals surface area contributed by atoms with Gasteiger partial charge < -0.3 is 10.4 Å². The van der Waals surface area contributed by atoms with Crippen molar-refractivity contribution >= 4 is 33.5 Å². The highest BCUT2D eigenvalue weighted by atomic mass is 35.5. The molecule has 0 aliphatic heterocycles. The third kappa shape index (κ3) is 4.16. The van der Waals surface area contributed by atoms with Crippen LogP contribution < -0.4 is 5.32 Å². The van der Waals surface area contributed by atoms with Crippen molar-refractivity contribution in [1.82, 2.24) is 9.62 Å². The zero-order valence-electron chi connectivity index (χ0n) is 11.5. The van der Waals surface area contributed by atoms with Gasteiger partial charge in [0.15, 0.2) is 0 Å². The molecule has 9 heteroatoms. The Morgan fingerprint density at radius 2 is 2.00 bits per heavy atom. The van der Waals surface area contributed by atoms with E-state index in [9.17, 15) is 18.0 Å². The first kappa shape index (κ1) is 17.4. The van der Waals surface area contributed by atoms with E-state index in [1.807, 2.05) is 0 Å². The van der Waals surface area contributed by atoms with Crippen LogP contribution in [0.3, 0.4) is 0 Å². The van der Waals surface area contributed by atoms with Gasteiger partial charge in [-0.1, -0.05) is 11.6 Å². The highest BCUT2D eigenvalue weighted by molar-refractivity contribution is 7.89. The number of aromatic carboxylic acids is 1. The fraction of sp³-hybridized carbons (Fsp3) is 0.333. The minimum Gasteiger partial charge on any atom is -0.478 e. The maximum Gasteiger partial charge on any atom is 0.337 e. The number of carboxylic acid groups (broad SMARTS) is 1. The molecule has 0 unspecified atom stereocenters. The van der Waals surface area contributed by atoms with Crippen LogP contribution in [0.4, 0.5) is 0 Å². The summed E-state index contributed by atoms with van der Waals surface area (Å²) in [5.41, 5.74) is -0.177. The molecular weight excluding hydrogens is 320 g/mol. The van der Waals surface area contributed by atoms with Crippen LogP contribution in [0.5, 0.6) is 0 Å². The van der Waals surface area contributed by atoms with Gasteiger partial charge in [0, 0.05) is 27.1 Å². The Balaban J connectivity index is 3.00. The number of benzene rings is 1. The summed E-state index contributed by atoms with van der Waals surface area (Å²) < 4.78 is 25.5. The third-order valence-corrected chi connectivity index (χ3v) is 4.98. The Bertz CT molecular complexity index is 660. The van der Waals surface area contributed by atoms with Gasteiger partial charge in [0.1, 0.15) is 0 Å². The van der Waals surface area contributed by atoms with Gasteiger partial charge >= 0.3 is 5.97 Å². The van der Waals surface area contributed by atoms with Crippen molar-refractivity contribution in [3.05, 3.63) is 28.8 Å². The van der Waals surface area contributed by atoms with Gasteiger partial charge in [-0.25, -0.2) is 17.5 Å². The zero-order chi connectivity index (χ0) is 16.2. The molecule has 0 aliphatic rings. The molecule has 1 aromatic carbocycles. The lowest BCUT2D eigenvalue weighted by Gasteiger charge is -2.17. The molecule has 21 heavy (non-hydrogen) atoms. The van der Waals surface area contributed by atoms with Gasteiger partial charge in [0.05, 0.1) is 15.5 Å². The fourth-order valence-corrected chi connectivity index (χ4v) is 3.04. The van der Waals surface area contributed by atoms with Crippen LogP contribution in [0.1, 0.15) is 16.8 Å². The molecule has 2 N–H and O–H groups in total. The van der Waals surface area contributed by atoms with E-state index in [-0.39, 0.29) is 34.4 Å². The smallest absolute Gasteiger partial charge is 0.337 e. The van der Waals surface area contributed by atoms with Crippen molar-refractivity contribution in [3.8, 4) is 0 Å². The molecule has 0 radical (unpaired) electrons. The van der Waals surface area contributed by atoms with Crippen LogP contribution in [0.2, 0.25) is 5.02 Å². The molecule has 0 heterocycles. The number of carbonyl (C=O) groups excluding carboxylic acids is 1. The first-order valence-corrected chi connectivity index (χ1v) is 7.71. The van der Waals surface area contributed by atoms with Crippen molar-refractivity contribution in [1.29, 1.82) is 0 Å². The lowest BCUT2D eigenvalue weighted by molar-refractivity contribution is -0.120. The topological polar surface area (TPSA) is 104 Å². The molecule has 1 aromatic rings. The average Bonchev–Trinajstić information content (AvgIpc) is 2.43. The molecule has 0 saturated heterocycles. The Morgan fingerprint density at radius 1 is 1.38 bits per heavy atom. The Morgan fingerprint density at radius 3 is 2.48 bits per heavy atom. The number of hydrogen-bond acceptors (Lipinski definition) is 4. The number of hydrogen-bond donors (Lipinski definition) is 2. The SMILES string of the molecule is CNC(=O)CCN(C)S(=O)(=O)c1ccc(C(=O)O)c(Cl)c1. The first-order valence-electron chi connectivity index (χ1n) is 5.90. The van der Waals surface area contributed by atoms with Gasteiger partial charge in [-0.3, -0.25) is 4.79 Å². The Kier molecular flexibility index (Phi) is 5.70. The molecule has 1 rings (SSSR count). The second kappa shape index (κ2) is 6.88. The van der Waals surface area contributed by atoms with Gasteiger partial charge in [0.25, 0.3) is 0 Å². The highest BCUT2D eigenvalue weighted by Crippen LogP contribution is 2.23. The van der Waals surface area contributed by atoms with Crippen molar-refractivity contribution in [3.63, 3.8) is 0 Å². The van der Waals surface area contributed by atoms with E-state index in [0.717, 1.165) is 16.4 Å². The molecule has 0 aliphatic carbocycles. The molecule has 0 saturated carbocycles. The fourth-order valence-electron chi connectivity index (χ4n) is 1.51. The van der Waals surface area contributed by atoms with E-state index in [2.05, 4.69) is 5.32 Å². The quantitative estimate of drug-likeness (QED) is 0.800. The van der Waals surface area contributed by atoms with E-state index < -0.39 is 16.0 Å². The summed E-state index contributed by atoms with van der Waals surface area (Å²) in [5, 5.41) is 11.1. The summed E-state index contributed by atoms with van der Waals surface area (Å²) in [6, 6.07) is 3.38. The number of carboxylic acids is 1. The third-order valence-electron chi connectivity index (χ3n) is 2.81. The normalized spacial score (nSPS) is 11.4. The molecule has 1 amide bonds. The van der Waals surface area contributed by atoms with Gasteiger partial charge in [-0.05, 0) is 18.2 Å². The first-order chi connectivity index (χ1) is 9.70. The van der Waals surface area contributed by atoms with E-state index in [1.165, 1.54) is 20.2 Å². The highest BCUT2D eigenvalue weighted by Gasteiger charge is 2.23. The molecule has 0 bridgehead atoms. The summed E-state index contributed by atoms with van der Waals surface area (Å²) >= 11 is 5.76.